The van der Waals surface area contributed by atoms with Gasteiger partial charge in [-0.25, -0.2) is 0 Å². The number of hydrogen-bond donors (Lipinski definition) is 1. The largest absolute Gasteiger partial charge is 0.495 e. The molecular formula is C24H21ClN2O4. The number of halogens is 1. The molecule has 31 heavy (non-hydrogen) atoms. The second-order valence-electron chi connectivity index (χ2n) is 7.09. The van der Waals surface area contributed by atoms with E-state index >= 15 is 0 Å². The maximum atomic E-state index is 13.1. The number of nitrogens with one attached hydrogen (secondary N) is 1. The number of anilines is 1. The summed E-state index contributed by atoms with van der Waals surface area (Å²) in [5.74, 6) is 1.39. The minimum atomic E-state index is -0.305. The van der Waals surface area contributed by atoms with Gasteiger partial charge in [0.1, 0.15) is 23.9 Å². The normalized spacial score (nSPS) is 10.8. The number of aromatic nitrogens is 1. The van der Waals surface area contributed by atoms with Gasteiger partial charge in [0.05, 0.1) is 29.0 Å². The first kappa shape index (κ1) is 20.8. The Morgan fingerprint density at radius 1 is 1.06 bits per heavy atom. The fraction of sp³-hybridized carbons (Fsp3) is 0.167. The lowest BCUT2D eigenvalue weighted by atomic mass is 10.0. The van der Waals surface area contributed by atoms with E-state index in [1.165, 1.54) is 7.11 Å². The summed E-state index contributed by atoms with van der Waals surface area (Å²) >= 11 is 6.19. The smallest absolute Gasteiger partial charge is 0.259 e. The molecule has 0 aliphatic rings. The number of methoxy groups -OCH3 is 1. The molecule has 1 aromatic heterocycles. The molecule has 0 unspecified atom stereocenters. The minimum Gasteiger partial charge on any atom is -0.495 e. The van der Waals surface area contributed by atoms with Crippen LogP contribution >= 0.6 is 11.6 Å². The minimum absolute atomic E-state index is 0.244. The summed E-state index contributed by atoms with van der Waals surface area (Å²) < 4.78 is 16.4. The van der Waals surface area contributed by atoms with E-state index < -0.39 is 0 Å². The molecule has 4 aromatic rings. The summed E-state index contributed by atoms with van der Waals surface area (Å²) in [6, 6.07) is 16.6. The highest BCUT2D eigenvalue weighted by Crippen LogP contribution is 2.30. The van der Waals surface area contributed by atoms with Crippen LogP contribution in [0.4, 0.5) is 5.69 Å². The zero-order valence-corrected chi connectivity index (χ0v) is 18.1. The summed E-state index contributed by atoms with van der Waals surface area (Å²) in [6.45, 7) is 3.94. The number of amides is 1. The summed E-state index contributed by atoms with van der Waals surface area (Å²) in [5.41, 5.74) is 2.59. The average Bonchev–Trinajstić information content (AvgIpc) is 3.09. The maximum Gasteiger partial charge on any atom is 0.259 e. The predicted octanol–water partition coefficient (Wildman–Crippen LogP) is 5.94. The Morgan fingerprint density at radius 2 is 1.81 bits per heavy atom. The third-order valence-electron chi connectivity index (χ3n) is 5.06. The lowest BCUT2D eigenvalue weighted by molar-refractivity contribution is 0.102. The lowest BCUT2D eigenvalue weighted by Crippen LogP contribution is -2.14. The van der Waals surface area contributed by atoms with E-state index in [0.29, 0.717) is 33.5 Å². The molecule has 0 fully saturated rings. The third-order valence-corrected chi connectivity index (χ3v) is 5.35. The average molecular weight is 437 g/mol. The Morgan fingerprint density at radius 3 is 2.45 bits per heavy atom. The van der Waals surface area contributed by atoms with Crippen molar-refractivity contribution in [1.29, 1.82) is 0 Å². The molecule has 158 valence electrons. The van der Waals surface area contributed by atoms with Gasteiger partial charge in [-0.3, -0.25) is 4.79 Å². The number of rotatable bonds is 6. The van der Waals surface area contributed by atoms with Crippen LogP contribution in [0.25, 0.3) is 10.8 Å². The summed E-state index contributed by atoms with van der Waals surface area (Å²) in [5, 5.41) is 9.16. The van der Waals surface area contributed by atoms with Crippen LogP contribution in [-0.2, 0) is 6.61 Å². The van der Waals surface area contributed by atoms with Crippen LogP contribution in [0.15, 0.2) is 59.1 Å². The molecule has 0 aliphatic heterocycles. The zero-order chi connectivity index (χ0) is 22.0. The third kappa shape index (κ3) is 4.34. The highest BCUT2D eigenvalue weighted by atomic mass is 35.5. The van der Waals surface area contributed by atoms with E-state index in [0.717, 1.165) is 22.0 Å². The Hall–Kier alpha value is -3.51. The van der Waals surface area contributed by atoms with E-state index in [1.54, 1.807) is 18.2 Å². The molecule has 0 spiro atoms. The number of fused-ring (bicyclic) bond motifs is 1. The molecule has 6 nitrogen and oxygen atoms in total. The molecule has 1 amide bonds. The van der Waals surface area contributed by atoms with Gasteiger partial charge in [0.25, 0.3) is 5.91 Å². The van der Waals surface area contributed by atoms with Crippen molar-refractivity contribution in [3.8, 4) is 11.5 Å². The Balaban J connectivity index is 1.67. The fourth-order valence-corrected chi connectivity index (χ4v) is 3.57. The second kappa shape index (κ2) is 8.70. The number of hydrogen-bond acceptors (Lipinski definition) is 5. The number of benzene rings is 3. The van der Waals surface area contributed by atoms with Gasteiger partial charge in [-0.15, -0.1) is 0 Å². The van der Waals surface area contributed by atoms with Crippen molar-refractivity contribution < 1.29 is 18.8 Å². The van der Waals surface area contributed by atoms with Crippen molar-refractivity contribution >= 4 is 34.0 Å². The van der Waals surface area contributed by atoms with E-state index in [9.17, 15) is 4.79 Å². The van der Waals surface area contributed by atoms with Crippen LogP contribution in [-0.4, -0.2) is 18.2 Å². The number of ether oxygens (including phenoxy) is 2. The van der Waals surface area contributed by atoms with Gasteiger partial charge in [0.2, 0.25) is 0 Å². The zero-order valence-electron chi connectivity index (χ0n) is 17.4. The monoisotopic (exact) mass is 436 g/mol. The van der Waals surface area contributed by atoms with E-state index in [1.807, 2.05) is 50.2 Å². The van der Waals surface area contributed by atoms with Gasteiger partial charge in [-0.1, -0.05) is 41.0 Å². The molecule has 1 N–H and O–H groups in total. The Kier molecular flexibility index (Phi) is 5.82. The van der Waals surface area contributed by atoms with Gasteiger partial charge < -0.3 is 19.3 Å². The van der Waals surface area contributed by atoms with Crippen molar-refractivity contribution in [2.75, 3.05) is 12.4 Å². The van der Waals surface area contributed by atoms with Gasteiger partial charge >= 0.3 is 0 Å². The number of nitrogens with zero attached hydrogens (tertiary/aromatic N) is 1. The second-order valence-corrected chi connectivity index (χ2v) is 7.50. The molecule has 7 heteroatoms. The molecule has 3 aromatic carbocycles. The number of carbonyl (C=O) groups excluding carboxylic acids is 1. The van der Waals surface area contributed by atoms with Crippen LogP contribution in [0.3, 0.4) is 0 Å². The maximum absolute atomic E-state index is 13.1. The highest BCUT2D eigenvalue weighted by molar-refractivity contribution is 6.32. The highest BCUT2D eigenvalue weighted by Gasteiger charge is 2.17. The van der Waals surface area contributed by atoms with Gasteiger partial charge in [0.15, 0.2) is 0 Å². The van der Waals surface area contributed by atoms with E-state index in [4.69, 9.17) is 25.6 Å². The molecular weight excluding hydrogens is 416 g/mol. The number of aryl methyl sites for hydroxylation is 2. The summed E-state index contributed by atoms with van der Waals surface area (Å²) in [4.78, 5) is 13.1. The van der Waals surface area contributed by atoms with Crippen molar-refractivity contribution in [2.45, 2.75) is 20.5 Å². The summed E-state index contributed by atoms with van der Waals surface area (Å²) in [6.07, 6.45) is 0. The first-order valence-electron chi connectivity index (χ1n) is 9.68. The van der Waals surface area contributed by atoms with Crippen molar-refractivity contribution in [3.63, 3.8) is 0 Å². The number of carbonyl (C=O) groups is 1. The topological polar surface area (TPSA) is 73.6 Å². The predicted molar refractivity (Wildman–Crippen MR) is 120 cm³/mol. The van der Waals surface area contributed by atoms with Crippen LogP contribution in [0, 0.1) is 13.8 Å². The van der Waals surface area contributed by atoms with Crippen LogP contribution in [0.5, 0.6) is 11.5 Å². The first-order chi connectivity index (χ1) is 15.0. The van der Waals surface area contributed by atoms with Crippen LogP contribution in [0.1, 0.15) is 27.4 Å². The lowest BCUT2D eigenvalue weighted by Gasteiger charge is -2.14. The standard InChI is InChI=1S/C24H21ClN2O4/c1-14-20(15(2)31-27-14)13-30-23-11-17-7-5-4-6-16(17)10-19(23)24(28)26-18-8-9-22(29-3)21(25)12-18/h4-12H,13H2,1-3H3,(H,26,28). The molecule has 0 bridgehead atoms. The molecule has 0 atom stereocenters. The summed E-state index contributed by atoms with van der Waals surface area (Å²) in [7, 11) is 1.54. The Bertz CT molecular complexity index is 1250. The van der Waals surface area contributed by atoms with Crippen LogP contribution in [0.2, 0.25) is 5.02 Å². The fourth-order valence-electron chi connectivity index (χ4n) is 3.32. The van der Waals surface area contributed by atoms with Gasteiger partial charge in [-0.2, -0.15) is 0 Å². The molecule has 1 heterocycles. The van der Waals surface area contributed by atoms with Crippen molar-refractivity contribution in [2.24, 2.45) is 0 Å². The first-order valence-corrected chi connectivity index (χ1v) is 10.1. The molecule has 0 aliphatic carbocycles. The van der Waals surface area contributed by atoms with Gasteiger partial charge in [0, 0.05) is 5.69 Å². The molecule has 0 saturated heterocycles. The Labute approximate surface area is 184 Å². The van der Waals surface area contributed by atoms with Crippen LogP contribution < -0.4 is 14.8 Å². The molecule has 0 radical (unpaired) electrons. The van der Waals surface area contributed by atoms with E-state index in [2.05, 4.69) is 10.5 Å². The molecule has 4 rings (SSSR count). The van der Waals surface area contributed by atoms with Gasteiger partial charge in [-0.05, 0) is 55.0 Å². The quantitative estimate of drug-likeness (QED) is 0.405. The van der Waals surface area contributed by atoms with Crippen molar-refractivity contribution in [1.82, 2.24) is 5.16 Å². The van der Waals surface area contributed by atoms with E-state index in [-0.39, 0.29) is 12.5 Å². The SMILES string of the molecule is COc1ccc(NC(=O)c2cc3ccccc3cc2OCc2c(C)noc2C)cc1Cl. The van der Waals surface area contributed by atoms with Crippen molar-refractivity contribution in [3.05, 3.63) is 82.2 Å². The molecule has 0 saturated carbocycles.